The van der Waals surface area contributed by atoms with Crippen molar-refractivity contribution in [2.45, 2.75) is 57.7 Å². The summed E-state index contributed by atoms with van der Waals surface area (Å²) in [4.78, 5) is 15.7. The van der Waals surface area contributed by atoms with E-state index in [2.05, 4.69) is 29.2 Å². The topological polar surface area (TPSA) is 71.6 Å². The van der Waals surface area contributed by atoms with Crippen molar-refractivity contribution in [3.63, 3.8) is 0 Å². The van der Waals surface area contributed by atoms with E-state index in [9.17, 15) is 9.90 Å². The van der Waals surface area contributed by atoms with Gasteiger partial charge in [0.2, 0.25) is 0 Å². The van der Waals surface area contributed by atoms with Crippen LogP contribution >= 0.6 is 0 Å². The predicted molar refractivity (Wildman–Crippen MR) is 122 cm³/mol. The molecule has 1 atom stereocenters. The quantitative estimate of drug-likeness (QED) is 0.387. The zero-order valence-corrected chi connectivity index (χ0v) is 18.3. The van der Waals surface area contributed by atoms with Crippen molar-refractivity contribution in [1.82, 2.24) is 4.98 Å². The number of fused-ring (bicyclic) bond motifs is 1. The largest absolute Gasteiger partial charge is 0.465 e. The van der Waals surface area contributed by atoms with Gasteiger partial charge in [0, 0.05) is 16.5 Å². The molecule has 0 bridgehead atoms. The molecule has 0 radical (unpaired) electrons. The average Bonchev–Trinajstić information content (AvgIpc) is 3.17. The molecule has 0 amide bonds. The highest BCUT2D eigenvalue weighted by atomic mass is 16.6. The average molecular weight is 422 g/mol. The number of benzene rings is 2. The zero-order valence-electron chi connectivity index (χ0n) is 18.3. The molecule has 1 aliphatic rings. The number of carbonyl (C=O) groups is 1. The molecule has 1 saturated carbocycles. The Balaban J connectivity index is 1.82. The van der Waals surface area contributed by atoms with Gasteiger partial charge < -0.3 is 19.6 Å². The molecule has 1 heterocycles. The second-order valence-electron chi connectivity index (χ2n) is 8.38. The second kappa shape index (κ2) is 9.67. The molecule has 0 aliphatic heterocycles. The van der Waals surface area contributed by atoms with Gasteiger partial charge in [-0.2, -0.15) is 0 Å². The summed E-state index contributed by atoms with van der Waals surface area (Å²) in [6, 6.07) is 14.2. The Morgan fingerprint density at radius 2 is 1.94 bits per heavy atom. The van der Waals surface area contributed by atoms with Gasteiger partial charge in [-0.3, -0.25) is 0 Å². The molecule has 0 saturated heterocycles. The molecule has 1 fully saturated rings. The van der Waals surface area contributed by atoms with Crippen molar-refractivity contribution in [2.24, 2.45) is 0 Å². The minimum Gasteiger partial charge on any atom is -0.465 e. The highest BCUT2D eigenvalue weighted by Gasteiger charge is 2.25. The third kappa shape index (κ3) is 4.68. The third-order valence-electron chi connectivity index (χ3n) is 6.29. The number of hydrogen-bond acceptors (Lipinski definition) is 4. The number of aromatic amines is 1. The Morgan fingerprint density at radius 3 is 2.68 bits per heavy atom. The number of hydrogen-bond donors (Lipinski definition) is 2. The Morgan fingerprint density at radius 1 is 1.16 bits per heavy atom. The molecule has 0 spiro atoms. The maximum atomic E-state index is 12.1. The summed E-state index contributed by atoms with van der Waals surface area (Å²) in [7, 11) is 1.41. The first-order valence-corrected chi connectivity index (χ1v) is 11.2. The Kier molecular flexibility index (Phi) is 6.73. The zero-order chi connectivity index (χ0) is 21.8. The lowest BCUT2D eigenvalue weighted by atomic mass is 9.81. The summed E-state index contributed by atoms with van der Waals surface area (Å²) in [5.41, 5.74) is 6.35. The van der Waals surface area contributed by atoms with Crippen molar-refractivity contribution in [1.29, 1.82) is 0 Å². The molecule has 2 N–H and O–H groups in total. The van der Waals surface area contributed by atoms with Gasteiger partial charge in [0.1, 0.15) is 0 Å². The van der Waals surface area contributed by atoms with Crippen LogP contribution in [-0.4, -0.2) is 36.1 Å². The molecular formula is C26H31NO4. The lowest BCUT2D eigenvalue weighted by Crippen LogP contribution is -2.10. The Labute approximate surface area is 183 Å². The van der Waals surface area contributed by atoms with E-state index in [4.69, 9.17) is 9.47 Å². The van der Waals surface area contributed by atoms with E-state index in [1.807, 2.05) is 18.2 Å². The number of aliphatic hydroxyl groups excluding tert-OH is 1. The van der Waals surface area contributed by atoms with Crippen LogP contribution in [0.5, 0.6) is 0 Å². The molecule has 1 aromatic heterocycles. The number of ether oxygens (including phenoxy) is 2. The standard InChI is InChI=1S/C26H31NO4/c1-17(28)31-15-14-18-8-6-7-11-21(18)25-24(19-9-4-3-5-10-19)22-13-12-20(26(29)30-2)16-23(22)27-25/h6-8,11-13,16-17,19,27-28H,3-5,9-10,14-15H2,1-2H3. The van der Waals surface area contributed by atoms with E-state index in [0.717, 1.165) is 16.8 Å². The summed E-state index contributed by atoms with van der Waals surface area (Å²) in [5, 5.41) is 10.6. The molecule has 31 heavy (non-hydrogen) atoms. The highest BCUT2D eigenvalue weighted by molar-refractivity contribution is 5.98. The van der Waals surface area contributed by atoms with Crippen LogP contribution in [0.2, 0.25) is 0 Å². The maximum Gasteiger partial charge on any atom is 0.337 e. The van der Waals surface area contributed by atoms with Crippen molar-refractivity contribution in [3.05, 3.63) is 59.2 Å². The molecule has 1 unspecified atom stereocenters. The van der Waals surface area contributed by atoms with Crippen LogP contribution in [0, 0.1) is 0 Å². The van der Waals surface area contributed by atoms with Gasteiger partial charge >= 0.3 is 5.97 Å². The number of rotatable bonds is 7. The normalized spacial score (nSPS) is 15.8. The molecule has 3 aromatic rings. The predicted octanol–water partition coefficient (Wildman–Crippen LogP) is 5.57. The lowest BCUT2D eigenvalue weighted by Gasteiger charge is -2.23. The van der Waals surface area contributed by atoms with Gasteiger partial charge in [-0.05, 0) is 55.4 Å². The number of carbonyl (C=O) groups excluding carboxylic acids is 1. The van der Waals surface area contributed by atoms with Gasteiger partial charge in [0.05, 0.1) is 25.0 Å². The molecule has 1 aliphatic carbocycles. The van der Waals surface area contributed by atoms with E-state index in [1.54, 1.807) is 6.92 Å². The monoisotopic (exact) mass is 421 g/mol. The summed E-state index contributed by atoms with van der Waals surface area (Å²) in [6.45, 7) is 2.09. The van der Waals surface area contributed by atoms with Crippen LogP contribution in [0.4, 0.5) is 0 Å². The fourth-order valence-corrected chi connectivity index (χ4v) is 4.81. The van der Waals surface area contributed by atoms with E-state index < -0.39 is 6.29 Å². The van der Waals surface area contributed by atoms with Crippen molar-refractivity contribution in [2.75, 3.05) is 13.7 Å². The minimum atomic E-state index is -0.769. The fraction of sp³-hybridized carbons (Fsp3) is 0.423. The Hall–Kier alpha value is -2.63. The maximum absolute atomic E-state index is 12.1. The van der Waals surface area contributed by atoms with Crippen LogP contribution in [0.15, 0.2) is 42.5 Å². The summed E-state index contributed by atoms with van der Waals surface area (Å²) >= 11 is 0. The number of methoxy groups -OCH3 is 1. The second-order valence-corrected chi connectivity index (χ2v) is 8.38. The van der Waals surface area contributed by atoms with Crippen molar-refractivity contribution >= 4 is 16.9 Å². The van der Waals surface area contributed by atoms with Crippen LogP contribution < -0.4 is 0 Å². The fourth-order valence-electron chi connectivity index (χ4n) is 4.81. The molecule has 2 aromatic carbocycles. The Bertz CT molecular complexity index is 1050. The lowest BCUT2D eigenvalue weighted by molar-refractivity contribution is -0.0838. The SMILES string of the molecule is COC(=O)c1ccc2c(C3CCCCC3)c(-c3ccccc3CCOC(C)O)[nH]c2c1. The molecule has 164 valence electrons. The first kappa shape index (κ1) is 21.6. The first-order valence-electron chi connectivity index (χ1n) is 11.2. The van der Waals surface area contributed by atoms with Gasteiger partial charge in [0.25, 0.3) is 0 Å². The van der Waals surface area contributed by atoms with Gasteiger partial charge in [-0.25, -0.2) is 4.79 Å². The third-order valence-corrected chi connectivity index (χ3v) is 6.29. The molecule has 5 nitrogen and oxygen atoms in total. The van der Waals surface area contributed by atoms with E-state index in [-0.39, 0.29) is 5.97 Å². The van der Waals surface area contributed by atoms with E-state index >= 15 is 0 Å². The summed E-state index contributed by atoms with van der Waals surface area (Å²) in [5.74, 6) is 0.177. The number of esters is 1. The van der Waals surface area contributed by atoms with Crippen LogP contribution in [0.25, 0.3) is 22.2 Å². The highest BCUT2D eigenvalue weighted by Crippen LogP contribution is 2.43. The molecule has 4 rings (SSSR count). The minimum absolute atomic E-state index is 0.326. The van der Waals surface area contributed by atoms with Gasteiger partial charge in [-0.1, -0.05) is 49.6 Å². The molecule has 5 heteroatoms. The number of nitrogens with one attached hydrogen (secondary N) is 1. The van der Waals surface area contributed by atoms with Gasteiger partial charge in [0.15, 0.2) is 6.29 Å². The van der Waals surface area contributed by atoms with Gasteiger partial charge in [-0.15, -0.1) is 0 Å². The van der Waals surface area contributed by atoms with E-state index in [1.165, 1.54) is 55.7 Å². The van der Waals surface area contributed by atoms with Crippen LogP contribution in [-0.2, 0) is 15.9 Å². The van der Waals surface area contributed by atoms with E-state index in [0.29, 0.717) is 24.5 Å². The number of aliphatic hydroxyl groups is 1. The summed E-state index contributed by atoms with van der Waals surface area (Å²) < 4.78 is 10.3. The summed E-state index contributed by atoms with van der Waals surface area (Å²) in [6.07, 6.45) is 6.12. The number of H-pyrrole nitrogens is 1. The molecular weight excluding hydrogens is 390 g/mol. The number of aromatic nitrogens is 1. The van der Waals surface area contributed by atoms with Crippen molar-refractivity contribution < 1.29 is 19.4 Å². The van der Waals surface area contributed by atoms with Crippen LogP contribution in [0.3, 0.4) is 0 Å². The van der Waals surface area contributed by atoms with Crippen molar-refractivity contribution in [3.8, 4) is 11.3 Å². The first-order chi connectivity index (χ1) is 15.1. The smallest absolute Gasteiger partial charge is 0.337 e. The van der Waals surface area contributed by atoms with Crippen LogP contribution in [0.1, 0.15) is 66.4 Å².